The fraction of sp³-hybridized carbons (Fsp3) is 0.429. The van der Waals surface area contributed by atoms with E-state index in [1.165, 1.54) is 13.4 Å². The third-order valence-corrected chi connectivity index (χ3v) is 9.44. The summed E-state index contributed by atoms with van der Waals surface area (Å²) in [5, 5.41) is 6.46. The fourth-order valence-corrected chi connectivity index (χ4v) is 6.67. The molecule has 1 amide bonds. The molecule has 2 fully saturated rings. The van der Waals surface area contributed by atoms with Crippen LogP contribution in [0.15, 0.2) is 48.8 Å². The Balaban J connectivity index is 1.25. The number of nitrogens with zero attached hydrogens (tertiary/aromatic N) is 5. The monoisotopic (exact) mass is 672 g/mol. The van der Waals surface area contributed by atoms with Crippen molar-refractivity contribution in [3.63, 3.8) is 0 Å². The highest BCUT2D eigenvalue weighted by atomic mass is 32.2. The number of nitrogens with one attached hydrogen (secondary N) is 3. The van der Waals surface area contributed by atoms with Crippen LogP contribution >= 0.6 is 0 Å². The Morgan fingerprint density at radius 2 is 1.81 bits per heavy atom. The summed E-state index contributed by atoms with van der Waals surface area (Å²) in [6.45, 7) is 13.6. The lowest BCUT2D eigenvalue weighted by molar-refractivity contribution is 0.0209. The van der Waals surface area contributed by atoms with Crippen molar-refractivity contribution in [2.75, 3.05) is 73.0 Å². The lowest BCUT2D eigenvalue weighted by Crippen LogP contribution is -2.44. The summed E-state index contributed by atoms with van der Waals surface area (Å²) >= 11 is -1.34. The van der Waals surface area contributed by atoms with Gasteiger partial charge < -0.3 is 29.6 Å². The zero-order valence-electron chi connectivity index (χ0n) is 28.4. The molecule has 0 bridgehead atoms. The molecule has 2 saturated heterocycles. The van der Waals surface area contributed by atoms with Gasteiger partial charge in [0.05, 0.1) is 42.9 Å². The van der Waals surface area contributed by atoms with Gasteiger partial charge >= 0.3 is 0 Å². The van der Waals surface area contributed by atoms with E-state index in [-0.39, 0.29) is 11.3 Å². The first-order chi connectivity index (χ1) is 23.0. The number of methoxy groups -OCH3 is 1. The van der Waals surface area contributed by atoms with Crippen molar-refractivity contribution in [3.8, 4) is 5.75 Å². The van der Waals surface area contributed by atoms with E-state index in [1.54, 1.807) is 18.4 Å². The van der Waals surface area contributed by atoms with Crippen LogP contribution in [-0.4, -0.2) is 89.1 Å². The molecule has 4 heterocycles. The standard InChI is InChI=1S/C35H44N8O4S/c1-22-7-8-23(34(44)39-28-18-24(35(2,3)4)19-29(32(28)46-5)41-48(6)45)17-27(22)38-33-31-26(36-21-37-33)9-10-30(40-31)43-12-11-25(20-43)42-13-15-47-16-14-42/h7-10,17-19,21,25,41H,11-16,20H2,1-6H3,(H,39,44)(H,36,37,38). The molecule has 254 valence electrons. The summed E-state index contributed by atoms with van der Waals surface area (Å²) in [5.74, 6) is 1.55. The summed E-state index contributed by atoms with van der Waals surface area (Å²) in [4.78, 5) is 32.6. The van der Waals surface area contributed by atoms with Crippen molar-refractivity contribution < 1.29 is 18.8 Å². The molecule has 2 unspecified atom stereocenters. The number of anilines is 5. The molecule has 3 N–H and O–H groups in total. The van der Waals surface area contributed by atoms with Gasteiger partial charge in [0.2, 0.25) is 0 Å². The SMILES string of the molecule is COc1c(NC(=O)c2ccc(C)c(Nc3ncnc4ccc(N5CCC(N6CCOCC6)C5)nc34)c2)cc(C(C)(C)C)cc1N[S+](C)[O-]. The molecule has 12 nitrogen and oxygen atoms in total. The van der Waals surface area contributed by atoms with Crippen molar-refractivity contribution in [1.82, 2.24) is 19.9 Å². The fourth-order valence-electron chi connectivity index (χ4n) is 6.21. The predicted molar refractivity (Wildman–Crippen MR) is 192 cm³/mol. The van der Waals surface area contributed by atoms with Crippen molar-refractivity contribution >= 4 is 57.0 Å². The van der Waals surface area contributed by atoms with Gasteiger partial charge in [0.25, 0.3) is 5.91 Å². The minimum Gasteiger partial charge on any atom is -0.593 e. The molecular formula is C35H44N8O4S. The highest BCUT2D eigenvalue weighted by molar-refractivity contribution is 7.92. The van der Waals surface area contributed by atoms with Gasteiger partial charge in [0.1, 0.15) is 29.6 Å². The van der Waals surface area contributed by atoms with Crippen LogP contribution in [0, 0.1) is 6.92 Å². The molecule has 13 heteroatoms. The van der Waals surface area contributed by atoms with E-state index < -0.39 is 11.4 Å². The summed E-state index contributed by atoms with van der Waals surface area (Å²) in [7, 11) is 1.52. The lowest BCUT2D eigenvalue weighted by atomic mass is 9.86. The van der Waals surface area contributed by atoms with Gasteiger partial charge in [-0.2, -0.15) is 0 Å². The first-order valence-electron chi connectivity index (χ1n) is 16.2. The number of carbonyl (C=O) groups is 1. The van der Waals surface area contributed by atoms with E-state index >= 15 is 0 Å². The maximum Gasteiger partial charge on any atom is 0.255 e. The van der Waals surface area contributed by atoms with Crippen molar-refractivity contribution in [3.05, 3.63) is 65.5 Å². The van der Waals surface area contributed by atoms with Crippen LogP contribution in [0.2, 0.25) is 0 Å². The highest BCUT2D eigenvalue weighted by Crippen LogP contribution is 2.39. The molecule has 2 aliphatic rings. The number of carbonyl (C=O) groups excluding carboxylic acids is 1. The summed E-state index contributed by atoms with van der Waals surface area (Å²) < 4.78 is 26.3. The second-order valence-corrected chi connectivity index (χ2v) is 14.4. The number of morpholine rings is 1. The predicted octanol–water partition coefficient (Wildman–Crippen LogP) is 5.25. The minimum absolute atomic E-state index is 0.230. The molecular weight excluding hydrogens is 629 g/mol. The van der Waals surface area contributed by atoms with Crippen LogP contribution in [0.5, 0.6) is 5.75 Å². The molecule has 4 aromatic rings. The average Bonchev–Trinajstić information content (AvgIpc) is 3.56. The minimum atomic E-state index is -1.34. The van der Waals surface area contributed by atoms with Crippen LogP contribution in [0.25, 0.3) is 11.0 Å². The number of benzene rings is 2. The average molecular weight is 673 g/mol. The van der Waals surface area contributed by atoms with E-state index in [2.05, 4.69) is 55.9 Å². The zero-order valence-corrected chi connectivity index (χ0v) is 29.2. The van der Waals surface area contributed by atoms with E-state index in [0.29, 0.717) is 40.1 Å². The Morgan fingerprint density at radius 1 is 1.04 bits per heavy atom. The van der Waals surface area contributed by atoms with Crippen LogP contribution in [0.1, 0.15) is 48.7 Å². The number of rotatable bonds is 9. The van der Waals surface area contributed by atoms with E-state index in [0.717, 1.165) is 74.0 Å². The molecule has 48 heavy (non-hydrogen) atoms. The molecule has 2 aromatic carbocycles. The second-order valence-electron chi connectivity index (χ2n) is 13.3. The van der Waals surface area contributed by atoms with Gasteiger partial charge in [-0.15, -0.1) is 0 Å². The number of aromatic nitrogens is 3. The van der Waals surface area contributed by atoms with Crippen molar-refractivity contribution in [2.24, 2.45) is 0 Å². The Bertz CT molecular complexity index is 1790. The maximum atomic E-state index is 13.7. The molecule has 0 aliphatic carbocycles. The maximum absolute atomic E-state index is 13.7. The summed E-state index contributed by atoms with van der Waals surface area (Å²) in [5.41, 5.74) is 5.24. The molecule has 2 aliphatic heterocycles. The smallest absolute Gasteiger partial charge is 0.255 e. The Labute approximate surface area is 285 Å². The molecule has 0 radical (unpaired) electrons. The van der Waals surface area contributed by atoms with Crippen LogP contribution in [-0.2, 0) is 21.5 Å². The first kappa shape index (κ1) is 33.7. The molecule has 6 rings (SSSR count). The van der Waals surface area contributed by atoms with Gasteiger partial charge in [0, 0.05) is 43.5 Å². The number of ether oxygens (including phenoxy) is 2. The van der Waals surface area contributed by atoms with Crippen molar-refractivity contribution in [2.45, 2.75) is 45.6 Å². The largest absolute Gasteiger partial charge is 0.593 e. The molecule has 2 aromatic heterocycles. The van der Waals surface area contributed by atoms with Crippen molar-refractivity contribution in [1.29, 1.82) is 0 Å². The number of hydrogen-bond donors (Lipinski definition) is 3. The van der Waals surface area contributed by atoms with Crippen LogP contribution in [0.3, 0.4) is 0 Å². The van der Waals surface area contributed by atoms with Gasteiger partial charge in [-0.05, 0) is 66.3 Å². The normalized spacial score (nSPS) is 17.7. The van der Waals surface area contributed by atoms with E-state index in [4.69, 9.17) is 14.5 Å². The van der Waals surface area contributed by atoms with Gasteiger partial charge in [-0.1, -0.05) is 26.8 Å². The van der Waals surface area contributed by atoms with Crippen LogP contribution < -0.4 is 25.0 Å². The van der Waals surface area contributed by atoms with E-state index in [9.17, 15) is 9.35 Å². The third kappa shape index (κ3) is 7.44. The topological polar surface area (TPSA) is 140 Å². The Hall–Kier alpha value is -4.17. The number of hydrogen-bond acceptors (Lipinski definition) is 11. The number of pyridine rings is 1. The second kappa shape index (κ2) is 14.1. The highest BCUT2D eigenvalue weighted by Gasteiger charge is 2.30. The number of fused-ring (bicyclic) bond motifs is 1. The Morgan fingerprint density at radius 3 is 2.54 bits per heavy atom. The number of aryl methyl sites for hydroxylation is 1. The van der Waals surface area contributed by atoms with Gasteiger partial charge in [-0.25, -0.2) is 19.7 Å². The van der Waals surface area contributed by atoms with Crippen LogP contribution in [0.4, 0.5) is 28.7 Å². The summed E-state index contributed by atoms with van der Waals surface area (Å²) in [6.07, 6.45) is 4.16. The first-order valence-corrected chi connectivity index (χ1v) is 17.8. The van der Waals surface area contributed by atoms with E-state index in [1.807, 2.05) is 37.3 Å². The third-order valence-electron chi connectivity index (χ3n) is 8.93. The molecule has 0 spiro atoms. The lowest BCUT2D eigenvalue weighted by Gasteiger charge is -2.32. The Kier molecular flexibility index (Phi) is 9.93. The number of amides is 1. The molecule has 2 atom stereocenters. The van der Waals surface area contributed by atoms with Gasteiger partial charge in [-0.3, -0.25) is 9.69 Å². The molecule has 0 saturated carbocycles. The quantitative estimate of drug-likeness (QED) is 0.201. The zero-order chi connectivity index (χ0) is 34.0. The van der Waals surface area contributed by atoms with Gasteiger partial charge in [0.15, 0.2) is 11.6 Å². The summed E-state index contributed by atoms with van der Waals surface area (Å²) in [6, 6.07) is 13.8.